The summed E-state index contributed by atoms with van der Waals surface area (Å²) in [6.45, 7) is -0.644. The minimum Gasteiger partial charge on any atom is -0.456 e. The van der Waals surface area contributed by atoms with E-state index in [1.165, 1.54) is 0 Å². The van der Waals surface area contributed by atoms with Gasteiger partial charge in [0.15, 0.2) is 6.29 Å². The molecule has 2 aliphatic heterocycles. The Morgan fingerprint density at radius 2 is 1.76 bits per heavy atom. The molecule has 2 saturated heterocycles. The van der Waals surface area contributed by atoms with E-state index in [1.807, 2.05) is 0 Å². The first kappa shape index (κ1) is 36.3. The lowest BCUT2D eigenvalue weighted by molar-refractivity contribution is -0.298. The molecule has 0 saturated carbocycles. The highest BCUT2D eigenvalue weighted by Gasteiger charge is 2.44. The number of amides is 2. The Balaban J connectivity index is 1.19. The van der Waals surface area contributed by atoms with Crippen molar-refractivity contribution in [2.24, 2.45) is 0 Å². The second-order valence-corrected chi connectivity index (χ2v) is 11.6. The van der Waals surface area contributed by atoms with E-state index in [4.69, 9.17) is 28.8 Å². The number of carbonyl (C=O) groups is 3. The van der Waals surface area contributed by atoms with Crippen LogP contribution in [-0.2, 0) is 35.0 Å². The molecule has 7 N–H and O–H groups in total. The number of ether oxygens (including phenoxy) is 5. The summed E-state index contributed by atoms with van der Waals surface area (Å²) in [5, 5.41) is 53.8. The van der Waals surface area contributed by atoms with Crippen molar-refractivity contribution < 1.29 is 63.6 Å². The van der Waals surface area contributed by atoms with E-state index in [1.54, 1.807) is 66.8 Å². The molecule has 264 valence electrons. The Labute approximate surface area is 281 Å². The zero-order valence-electron chi connectivity index (χ0n) is 26.4. The van der Waals surface area contributed by atoms with Gasteiger partial charge in [0.25, 0.3) is 5.91 Å². The largest absolute Gasteiger partial charge is 0.456 e. The van der Waals surface area contributed by atoms with Crippen LogP contribution in [-0.4, -0.2) is 125 Å². The fourth-order valence-electron chi connectivity index (χ4n) is 5.67. The maximum Gasteiger partial charge on any atom is 0.339 e. The van der Waals surface area contributed by atoms with Crippen LogP contribution < -0.4 is 10.6 Å². The fraction of sp³-hybridized carbons (Fsp3) is 0.441. The molecule has 49 heavy (non-hydrogen) atoms. The molecular formula is C34H40N2O13. The van der Waals surface area contributed by atoms with Gasteiger partial charge in [0, 0.05) is 30.6 Å². The first-order valence-electron chi connectivity index (χ1n) is 15.8. The normalized spacial score (nSPS) is 28.1. The second-order valence-electron chi connectivity index (χ2n) is 11.6. The number of aliphatic hydroxyl groups excluding tert-OH is 5. The molecule has 2 fully saturated rings. The van der Waals surface area contributed by atoms with Crippen molar-refractivity contribution in [3.63, 3.8) is 0 Å². The molecule has 0 aromatic heterocycles. The number of hydrogen-bond acceptors (Lipinski definition) is 13. The van der Waals surface area contributed by atoms with Crippen LogP contribution in [0.4, 0.5) is 0 Å². The number of rotatable bonds is 13. The Morgan fingerprint density at radius 1 is 0.939 bits per heavy atom. The lowest BCUT2D eigenvalue weighted by atomic mass is 9.91. The van der Waals surface area contributed by atoms with E-state index in [2.05, 4.69) is 10.6 Å². The average Bonchev–Trinajstić information content (AvgIpc) is 3.61. The first-order chi connectivity index (χ1) is 23.7. The summed E-state index contributed by atoms with van der Waals surface area (Å²) in [6.07, 6.45) is -4.21. The van der Waals surface area contributed by atoms with Crippen LogP contribution in [0.2, 0.25) is 0 Å². The Bertz CT molecular complexity index is 1530. The van der Waals surface area contributed by atoms with Gasteiger partial charge in [-0.3, -0.25) is 9.59 Å². The maximum atomic E-state index is 13.4. The van der Waals surface area contributed by atoms with E-state index in [9.17, 15) is 34.8 Å². The topological polar surface area (TPSA) is 223 Å². The van der Waals surface area contributed by atoms with Crippen molar-refractivity contribution in [3.05, 3.63) is 88.5 Å². The molecule has 15 heteroatoms. The van der Waals surface area contributed by atoms with Crippen LogP contribution in [0.15, 0.2) is 66.3 Å². The smallest absolute Gasteiger partial charge is 0.339 e. The highest BCUT2D eigenvalue weighted by molar-refractivity contribution is 5.96. The van der Waals surface area contributed by atoms with Crippen molar-refractivity contribution in [3.8, 4) is 0 Å². The van der Waals surface area contributed by atoms with Gasteiger partial charge in [-0.2, -0.15) is 0 Å². The average molecular weight is 685 g/mol. The van der Waals surface area contributed by atoms with Gasteiger partial charge in [0.1, 0.15) is 49.5 Å². The molecule has 0 radical (unpaired) electrons. The lowest BCUT2D eigenvalue weighted by Crippen LogP contribution is -2.59. The monoisotopic (exact) mass is 684 g/mol. The van der Waals surface area contributed by atoms with Gasteiger partial charge in [0.2, 0.25) is 5.91 Å². The van der Waals surface area contributed by atoms with Gasteiger partial charge in [-0.15, -0.1) is 0 Å². The Hall–Kier alpha value is -4.03. The molecule has 0 spiro atoms. The number of carbonyl (C=O) groups excluding carboxylic acids is 3. The van der Waals surface area contributed by atoms with Gasteiger partial charge in [-0.05, 0) is 35.4 Å². The SMILES string of the molecule is O=C(NCc1cccc(C(=O)NCCO)c1)C1=C[C@H]2OCO[C@H]2[C@H](OC(=O)c2ccccc2C=CCO[C@H]2O[C@H](CO)[C@H](O)[C@H](O)[C@H]2O)C1. The molecule has 1 aliphatic carbocycles. The summed E-state index contributed by atoms with van der Waals surface area (Å²) in [7, 11) is 0. The predicted molar refractivity (Wildman–Crippen MR) is 169 cm³/mol. The van der Waals surface area contributed by atoms with Crippen molar-refractivity contribution >= 4 is 23.9 Å². The molecule has 3 aliphatic rings. The number of aliphatic hydroxyl groups is 5. The Kier molecular flexibility index (Phi) is 12.6. The molecule has 5 rings (SSSR count). The molecule has 0 unspecified atom stereocenters. The summed E-state index contributed by atoms with van der Waals surface area (Å²) in [5.41, 5.74) is 2.14. The summed E-state index contributed by atoms with van der Waals surface area (Å²) >= 11 is 0. The molecule has 8 atom stereocenters. The van der Waals surface area contributed by atoms with Crippen molar-refractivity contribution in [1.29, 1.82) is 0 Å². The fourth-order valence-corrected chi connectivity index (χ4v) is 5.67. The zero-order chi connectivity index (χ0) is 34.9. The second kappa shape index (κ2) is 17.1. The van der Waals surface area contributed by atoms with E-state index in [0.29, 0.717) is 22.3 Å². The molecular weight excluding hydrogens is 644 g/mol. The number of fused-ring (bicyclic) bond motifs is 1. The van der Waals surface area contributed by atoms with Crippen molar-refractivity contribution in [2.45, 2.75) is 62.0 Å². The minimum absolute atomic E-state index is 0.0340. The number of hydrogen-bond donors (Lipinski definition) is 7. The quantitative estimate of drug-likeness (QED) is 0.128. The van der Waals surface area contributed by atoms with Crippen LogP contribution in [0.5, 0.6) is 0 Å². The van der Waals surface area contributed by atoms with Crippen molar-refractivity contribution in [1.82, 2.24) is 10.6 Å². The van der Waals surface area contributed by atoms with E-state index in [0.717, 1.165) is 0 Å². The highest BCUT2D eigenvalue weighted by atomic mass is 16.7. The number of benzene rings is 2. The van der Waals surface area contributed by atoms with Gasteiger partial charge < -0.3 is 59.9 Å². The van der Waals surface area contributed by atoms with Crippen molar-refractivity contribution in [2.75, 3.05) is 33.2 Å². The van der Waals surface area contributed by atoms with Crippen LogP contribution in [0.3, 0.4) is 0 Å². The van der Waals surface area contributed by atoms with Gasteiger partial charge in [-0.25, -0.2) is 4.79 Å². The predicted octanol–water partition coefficient (Wildman–Crippen LogP) is -0.848. The summed E-state index contributed by atoms with van der Waals surface area (Å²) in [5.74, 6) is -1.40. The van der Waals surface area contributed by atoms with E-state index < -0.39 is 67.5 Å². The number of esters is 1. The molecule has 0 bridgehead atoms. The third-order valence-electron chi connectivity index (χ3n) is 8.27. The summed E-state index contributed by atoms with van der Waals surface area (Å²) < 4.78 is 28.0. The molecule has 2 aromatic rings. The van der Waals surface area contributed by atoms with Crippen LogP contribution in [0.1, 0.15) is 38.3 Å². The van der Waals surface area contributed by atoms with E-state index in [-0.39, 0.29) is 51.0 Å². The van der Waals surface area contributed by atoms with Gasteiger partial charge in [-0.1, -0.05) is 42.5 Å². The Morgan fingerprint density at radius 3 is 2.55 bits per heavy atom. The molecule has 15 nitrogen and oxygen atoms in total. The summed E-state index contributed by atoms with van der Waals surface area (Å²) in [4.78, 5) is 38.9. The minimum atomic E-state index is -1.57. The van der Waals surface area contributed by atoms with Gasteiger partial charge >= 0.3 is 5.97 Å². The third-order valence-corrected chi connectivity index (χ3v) is 8.27. The lowest BCUT2D eigenvalue weighted by Gasteiger charge is -2.39. The van der Waals surface area contributed by atoms with Gasteiger partial charge in [0.05, 0.1) is 25.4 Å². The third kappa shape index (κ3) is 8.96. The maximum absolute atomic E-state index is 13.4. The zero-order valence-corrected chi connectivity index (χ0v) is 26.4. The first-order valence-corrected chi connectivity index (χ1v) is 15.8. The van der Waals surface area contributed by atoms with E-state index >= 15 is 0 Å². The number of nitrogens with one attached hydrogen (secondary N) is 2. The highest BCUT2D eigenvalue weighted by Crippen LogP contribution is 2.31. The van der Waals surface area contributed by atoms with Crippen LogP contribution in [0.25, 0.3) is 6.08 Å². The standard InChI is InChI=1S/C34H40N2O13/c37-11-10-35-31(42)21-7-3-5-19(13-21)16-36-32(43)22-14-24-30(47-18-46-24)25(15-22)48-33(44)23-9-2-1-6-20(23)8-4-12-45-34-29(41)28(40)27(39)26(17-38)49-34/h1-9,13-14,24-30,34,37-41H,10-12,15-18H2,(H,35,42)(H,36,43)/t24-,25-,26-,27+,28+,29-,30-,34+/m1/s1. The summed E-state index contributed by atoms with van der Waals surface area (Å²) in [6, 6.07) is 13.4. The van der Waals surface area contributed by atoms with Crippen LogP contribution >= 0.6 is 0 Å². The molecule has 2 aromatic carbocycles. The molecule has 2 heterocycles. The van der Waals surface area contributed by atoms with Crippen LogP contribution in [0, 0.1) is 0 Å². The molecule has 2 amide bonds.